The second kappa shape index (κ2) is 6.57. The van der Waals surface area contributed by atoms with Gasteiger partial charge in [0.25, 0.3) is 11.6 Å². The van der Waals surface area contributed by atoms with E-state index in [-0.39, 0.29) is 17.8 Å². The molecule has 0 radical (unpaired) electrons. The fourth-order valence-corrected chi connectivity index (χ4v) is 2.78. The third-order valence-corrected chi connectivity index (χ3v) is 3.82. The molecule has 0 N–H and O–H groups in total. The summed E-state index contributed by atoms with van der Waals surface area (Å²) in [5, 5.41) is 21.6. The zero-order valence-corrected chi connectivity index (χ0v) is 12.6. The standard InChI is InChI=1S/C15H14N2O7/c1-8(18)12-13(9-3-2-4-10(7-9)17(23)24)16(6-5-11(19)20)15(22)14(12)21/h2-4,7,12-13H,5-6H2,1H3,(H,19,20)/p-1. The number of hydrogen-bond acceptors (Lipinski definition) is 7. The number of nitro benzene ring substituents is 1. The van der Waals surface area contributed by atoms with Gasteiger partial charge in [0.05, 0.1) is 11.0 Å². The summed E-state index contributed by atoms with van der Waals surface area (Å²) in [5.74, 6) is -5.23. The van der Waals surface area contributed by atoms with E-state index in [1.165, 1.54) is 24.3 Å². The maximum absolute atomic E-state index is 12.1. The number of carboxylic acid groups (broad SMARTS) is 1. The van der Waals surface area contributed by atoms with Crippen molar-refractivity contribution >= 4 is 29.1 Å². The summed E-state index contributed by atoms with van der Waals surface area (Å²) < 4.78 is 0. The van der Waals surface area contributed by atoms with E-state index >= 15 is 0 Å². The van der Waals surface area contributed by atoms with Gasteiger partial charge in [-0.2, -0.15) is 0 Å². The fourth-order valence-electron chi connectivity index (χ4n) is 2.78. The van der Waals surface area contributed by atoms with Crippen molar-refractivity contribution in [1.29, 1.82) is 0 Å². The summed E-state index contributed by atoms with van der Waals surface area (Å²) in [4.78, 5) is 57.9. The lowest BCUT2D eigenvalue weighted by Gasteiger charge is -2.26. The van der Waals surface area contributed by atoms with Gasteiger partial charge in [0.1, 0.15) is 11.7 Å². The predicted molar refractivity (Wildman–Crippen MR) is 76.4 cm³/mol. The van der Waals surface area contributed by atoms with Crippen LogP contribution >= 0.6 is 0 Å². The molecule has 1 aliphatic heterocycles. The summed E-state index contributed by atoms with van der Waals surface area (Å²) in [5.41, 5.74) is -0.0385. The monoisotopic (exact) mass is 333 g/mol. The minimum absolute atomic E-state index is 0.224. The van der Waals surface area contributed by atoms with Gasteiger partial charge in [0.2, 0.25) is 5.78 Å². The first-order valence-corrected chi connectivity index (χ1v) is 7.03. The maximum Gasteiger partial charge on any atom is 0.291 e. The normalized spacial score (nSPS) is 20.3. The van der Waals surface area contributed by atoms with Crippen molar-refractivity contribution in [2.75, 3.05) is 6.54 Å². The Labute approximate surface area is 136 Å². The van der Waals surface area contributed by atoms with Crippen LogP contribution in [0.2, 0.25) is 0 Å². The van der Waals surface area contributed by atoms with Gasteiger partial charge in [-0.3, -0.25) is 24.5 Å². The average molecular weight is 333 g/mol. The number of rotatable bonds is 6. The third kappa shape index (κ3) is 3.14. The Balaban J connectivity index is 2.49. The number of amides is 1. The Kier molecular flexibility index (Phi) is 4.72. The number of carboxylic acids is 1. The molecule has 0 saturated carbocycles. The van der Waals surface area contributed by atoms with Crippen molar-refractivity contribution < 1.29 is 29.2 Å². The summed E-state index contributed by atoms with van der Waals surface area (Å²) in [6.07, 6.45) is -0.519. The number of non-ortho nitro benzene ring substituents is 1. The summed E-state index contributed by atoms with van der Waals surface area (Å²) in [7, 11) is 0. The molecule has 1 fully saturated rings. The van der Waals surface area contributed by atoms with E-state index in [9.17, 15) is 34.4 Å². The number of nitro groups is 1. The lowest BCUT2D eigenvalue weighted by Crippen LogP contribution is -2.35. The molecule has 1 saturated heterocycles. The largest absolute Gasteiger partial charge is 0.550 e. The van der Waals surface area contributed by atoms with Gasteiger partial charge in [-0.15, -0.1) is 0 Å². The SMILES string of the molecule is CC(=O)C1C(=O)C(=O)N(CCC(=O)[O-])C1c1cccc([N+](=O)[O-])c1. The van der Waals surface area contributed by atoms with Gasteiger partial charge >= 0.3 is 0 Å². The first kappa shape index (κ1) is 17.3. The predicted octanol–water partition coefficient (Wildman–Crippen LogP) is -0.608. The number of ketones is 2. The van der Waals surface area contributed by atoms with Crippen molar-refractivity contribution in [2.45, 2.75) is 19.4 Å². The molecule has 9 heteroatoms. The number of aliphatic carboxylic acids is 1. The molecule has 9 nitrogen and oxygen atoms in total. The highest BCUT2D eigenvalue weighted by Gasteiger charge is 2.50. The van der Waals surface area contributed by atoms with E-state index in [2.05, 4.69) is 0 Å². The highest BCUT2D eigenvalue weighted by molar-refractivity contribution is 6.42. The van der Waals surface area contributed by atoms with Crippen LogP contribution < -0.4 is 5.11 Å². The molecular weight excluding hydrogens is 320 g/mol. The Hall–Kier alpha value is -3.10. The molecule has 126 valence electrons. The molecule has 1 heterocycles. The minimum atomic E-state index is -1.42. The van der Waals surface area contributed by atoms with Crippen LogP contribution in [0.25, 0.3) is 0 Å². The van der Waals surface area contributed by atoms with Crippen molar-refractivity contribution in [3.05, 3.63) is 39.9 Å². The van der Waals surface area contributed by atoms with Crippen molar-refractivity contribution in [2.24, 2.45) is 5.92 Å². The topological polar surface area (TPSA) is 138 Å². The van der Waals surface area contributed by atoms with Crippen LogP contribution in [-0.2, 0) is 19.2 Å². The number of Topliss-reactive ketones (excluding diaryl/α,β-unsaturated/α-hetero) is 2. The van der Waals surface area contributed by atoms with Crippen LogP contribution in [0.4, 0.5) is 5.69 Å². The van der Waals surface area contributed by atoms with Crippen LogP contribution in [0.15, 0.2) is 24.3 Å². The fraction of sp³-hybridized carbons (Fsp3) is 0.333. The second-order valence-corrected chi connectivity index (χ2v) is 5.37. The molecule has 0 aromatic heterocycles. The smallest absolute Gasteiger partial charge is 0.291 e. The third-order valence-electron chi connectivity index (χ3n) is 3.82. The van der Waals surface area contributed by atoms with E-state index in [0.717, 1.165) is 11.8 Å². The first-order valence-electron chi connectivity index (χ1n) is 7.03. The Morgan fingerprint density at radius 3 is 2.50 bits per heavy atom. The van der Waals surface area contributed by atoms with E-state index < -0.39 is 46.7 Å². The number of nitrogens with zero attached hydrogens (tertiary/aromatic N) is 2. The van der Waals surface area contributed by atoms with Crippen LogP contribution in [0.1, 0.15) is 24.9 Å². The number of hydrogen-bond donors (Lipinski definition) is 0. The van der Waals surface area contributed by atoms with E-state index in [4.69, 9.17) is 0 Å². The van der Waals surface area contributed by atoms with Crippen LogP contribution in [0.5, 0.6) is 0 Å². The maximum atomic E-state index is 12.1. The zero-order chi connectivity index (χ0) is 18.0. The number of carbonyl (C=O) groups is 4. The van der Waals surface area contributed by atoms with E-state index in [0.29, 0.717) is 0 Å². The molecule has 2 atom stereocenters. The zero-order valence-electron chi connectivity index (χ0n) is 12.6. The number of carbonyl (C=O) groups excluding carboxylic acids is 4. The molecule has 2 rings (SSSR count). The van der Waals surface area contributed by atoms with Gasteiger partial charge in [0, 0.05) is 31.1 Å². The quantitative estimate of drug-likeness (QED) is 0.293. The molecule has 1 aromatic carbocycles. The molecule has 1 aliphatic rings. The molecule has 0 bridgehead atoms. The first-order chi connectivity index (χ1) is 11.2. The van der Waals surface area contributed by atoms with Crippen LogP contribution in [0, 0.1) is 16.0 Å². The van der Waals surface area contributed by atoms with Gasteiger partial charge in [0.15, 0.2) is 0 Å². The van der Waals surface area contributed by atoms with Gasteiger partial charge in [-0.1, -0.05) is 12.1 Å². The van der Waals surface area contributed by atoms with Crippen molar-refractivity contribution in [3.8, 4) is 0 Å². The van der Waals surface area contributed by atoms with Crippen LogP contribution in [0.3, 0.4) is 0 Å². The van der Waals surface area contributed by atoms with E-state index in [1.54, 1.807) is 0 Å². The number of likely N-dealkylation sites (tertiary alicyclic amines) is 1. The van der Waals surface area contributed by atoms with Gasteiger partial charge in [-0.25, -0.2) is 0 Å². The Bertz CT molecular complexity index is 743. The molecular formula is C15H13N2O7-. The minimum Gasteiger partial charge on any atom is -0.550 e. The highest BCUT2D eigenvalue weighted by atomic mass is 16.6. The van der Waals surface area contributed by atoms with Gasteiger partial charge < -0.3 is 14.8 Å². The highest BCUT2D eigenvalue weighted by Crippen LogP contribution is 2.37. The number of benzene rings is 1. The molecule has 1 amide bonds. The lowest BCUT2D eigenvalue weighted by atomic mass is 9.89. The Morgan fingerprint density at radius 2 is 1.96 bits per heavy atom. The molecule has 0 spiro atoms. The summed E-state index contributed by atoms with van der Waals surface area (Å²) in [6.45, 7) is 0.812. The van der Waals surface area contributed by atoms with E-state index in [1.807, 2.05) is 0 Å². The average Bonchev–Trinajstić information content (AvgIpc) is 2.77. The molecule has 0 aliphatic carbocycles. The summed E-state index contributed by atoms with van der Waals surface area (Å²) >= 11 is 0. The molecule has 1 aromatic rings. The molecule has 24 heavy (non-hydrogen) atoms. The lowest BCUT2D eigenvalue weighted by molar-refractivity contribution is -0.385. The van der Waals surface area contributed by atoms with Crippen molar-refractivity contribution in [3.63, 3.8) is 0 Å². The summed E-state index contributed by atoms with van der Waals surface area (Å²) in [6, 6.07) is 4.15. The van der Waals surface area contributed by atoms with Crippen molar-refractivity contribution in [1.82, 2.24) is 4.90 Å². The molecule has 2 unspecified atom stereocenters. The second-order valence-electron chi connectivity index (χ2n) is 5.37. The van der Waals surface area contributed by atoms with Crippen LogP contribution in [-0.4, -0.2) is 39.8 Å². The Morgan fingerprint density at radius 1 is 1.29 bits per heavy atom. The van der Waals surface area contributed by atoms with Gasteiger partial charge in [-0.05, 0) is 12.5 Å².